The van der Waals surface area contributed by atoms with E-state index in [1.807, 2.05) is 6.92 Å². The summed E-state index contributed by atoms with van der Waals surface area (Å²) in [6, 6.07) is 6.85. The molecule has 0 saturated carbocycles. The highest BCUT2D eigenvalue weighted by Crippen LogP contribution is 2.17. The van der Waals surface area contributed by atoms with Gasteiger partial charge in [-0.1, -0.05) is 6.07 Å². The molecule has 0 spiro atoms. The molecule has 0 radical (unpaired) electrons. The van der Waals surface area contributed by atoms with Crippen LogP contribution in [0.25, 0.3) is 0 Å². The molecule has 1 N–H and O–H groups in total. The lowest BCUT2D eigenvalue weighted by Crippen LogP contribution is -2.14. The molecule has 116 valence electrons. The summed E-state index contributed by atoms with van der Waals surface area (Å²) in [5.74, 6) is -0.0484. The van der Waals surface area contributed by atoms with Crippen LogP contribution in [0.2, 0.25) is 0 Å². The van der Waals surface area contributed by atoms with Crippen LogP contribution < -0.4 is 10.1 Å². The van der Waals surface area contributed by atoms with Crippen molar-refractivity contribution in [3.8, 4) is 5.75 Å². The number of carbonyl (C=O) groups is 2. The fourth-order valence-electron chi connectivity index (χ4n) is 1.57. The summed E-state index contributed by atoms with van der Waals surface area (Å²) in [5.41, 5.74) is 0.624. The maximum absolute atomic E-state index is 11.7. The second kappa shape index (κ2) is 9.77. The number of carbonyl (C=O) groups excluding carboxylic acids is 2. The molecule has 0 unspecified atom stereocenters. The fourth-order valence-corrected chi connectivity index (χ4v) is 1.57. The molecule has 6 heteroatoms. The topological polar surface area (TPSA) is 73.9 Å². The monoisotopic (exact) mass is 295 g/mol. The molecular formula is C15H21NO5. The molecule has 0 atom stereocenters. The van der Waals surface area contributed by atoms with Gasteiger partial charge in [0.15, 0.2) is 6.61 Å². The summed E-state index contributed by atoms with van der Waals surface area (Å²) in [6.45, 7) is 2.98. The summed E-state index contributed by atoms with van der Waals surface area (Å²) < 4.78 is 14.9. The normalized spacial score (nSPS) is 10.0. The van der Waals surface area contributed by atoms with E-state index in [4.69, 9.17) is 9.47 Å². The van der Waals surface area contributed by atoms with Crippen molar-refractivity contribution >= 4 is 17.6 Å². The van der Waals surface area contributed by atoms with E-state index in [9.17, 15) is 9.59 Å². The number of hydrogen-bond donors (Lipinski definition) is 1. The molecule has 0 aliphatic carbocycles. The molecule has 21 heavy (non-hydrogen) atoms. The minimum Gasteiger partial charge on any atom is -0.482 e. The van der Waals surface area contributed by atoms with Crippen molar-refractivity contribution in [3.63, 3.8) is 0 Å². The molecule has 6 nitrogen and oxygen atoms in total. The van der Waals surface area contributed by atoms with Gasteiger partial charge in [0.25, 0.3) is 0 Å². The maximum atomic E-state index is 11.7. The van der Waals surface area contributed by atoms with Gasteiger partial charge in [0.1, 0.15) is 5.75 Å². The van der Waals surface area contributed by atoms with Crippen LogP contribution in [0.4, 0.5) is 5.69 Å². The summed E-state index contributed by atoms with van der Waals surface area (Å²) in [6.07, 6.45) is 1.07. The van der Waals surface area contributed by atoms with Gasteiger partial charge < -0.3 is 19.5 Å². The van der Waals surface area contributed by atoms with Crippen LogP contribution in [-0.2, 0) is 19.1 Å². The molecule has 0 aromatic heterocycles. The number of methoxy groups -OCH3 is 1. The van der Waals surface area contributed by atoms with E-state index in [1.165, 1.54) is 7.11 Å². The summed E-state index contributed by atoms with van der Waals surface area (Å²) >= 11 is 0. The number of ether oxygens (including phenoxy) is 3. The average Bonchev–Trinajstić information content (AvgIpc) is 2.49. The number of hydrogen-bond acceptors (Lipinski definition) is 5. The van der Waals surface area contributed by atoms with E-state index >= 15 is 0 Å². The molecule has 0 aliphatic rings. The highest BCUT2D eigenvalue weighted by molar-refractivity contribution is 5.90. The minimum atomic E-state index is -0.458. The first-order chi connectivity index (χ1) is 10.2. The number of anilines is 1. The molecule has 1 amide bonds. The number of rotatable bonds is 9. The van der Waals surface area contributed by atoms with Gasteiger partial charge in [-0.05, 0) is 25.5 Å². The highest BCUT2D eigenvalue weighted by Gasteiger charge is 2.05. The highest BCUT2D eigenvalue weighted by atomic mass is 16.6. The number of nitrogens with one attached hydrogen (secondary N) is 1. The average molecular weight is 295 g/mol. The van der Waals surface area contributed by atoms with E-state index in [2.05, 4.69) is 10.1 Å². The van der Waals surface area contributed by atoms with Gasteiger partial charge in [-0.25, -0.2) is 4.79 Å². The third-order valence-electron chi connectivity index (χ3n) is 2.60. The van der Waals surface area contributed by atoms with Crippen LogP contribution in [-0.4, -0.2) is 38.8 Å². The third-order valence-corrected chi connectivity index (χ3v) is 2.60. The lowest BCUT2D eigenvalue weighted by molar-refractivity contribution is -0.142. The van der Waals surface area contributed by atoms with Gasteiger partial charge in [-0.2, -0.15) is 0 Å². The summed E-state index contributed by atoms with van der Waals surface area (Å²) in [5, 5.41) is 2.77. The summed E-state index contributed by atoms with van der Waals surface area (Å²) in [4.78, 5) is 22.7. The van der Waals surface area contributed by atoms with Crippen LogP contribution in [0.5, 0.6) is 5.75 Å². The smallest absolute Gasteiger partial charge is 0.343 e. The zero-order valence-electron chi connectivity index (χ0n) is 12.4. The predicted octanol–water partition coefficient (Wildman–Crippen LogP) is 1.99. The Bertz CT molecular complexity index is 461. The largest absolute Gasteiger partial charge is 0.482 e. The lowest BCUT2D eigenvalue weighted by atomic mass is 10.2. The van der Waals surface area contributed by atoms with Crippen LogP contribution in [0.15, 0.2) is 24.3 Å². The Labute approximate surface area is 124 Å². The molecule has 1 aromatic rings. The van der Waals surface area contributed by atoms with Crippen molar-refractivity contribution in [1.82, 2.24) is 0 Å². The van der Waals surface area contributed by atoms with E-state index in [1.54, 1.807) is 24.3 Å². The van der Waals surface area contributed by atoms with Crippen molar-refractivity contribution in [1.29, 1.82) is 0 Å². The van der Waals surface area contributed by atoms with Crippen LogP contribution in [0.3, 0.4) is 0 Å². The van der Waals surface area contributed by atoms with E-state index in [-0.39, 0.29) is 12.5 Å². The molecule has 0 bridgehead atoms. The standard InChI is InChI=1S/C15H21NO5/c1-3-20-9-5-8-14(17)16-12-6-4-7-13(10-12)21-11-15(18)19-2/h4,6-7,10H,3,5,8-9,11H2,1-2H3,(H,16,17). The SMILES string of the molecule is CCOCCCC(=O)Nc1cccc(OCC(=O)OC)c1. The molecule has 0 fully saturated rings. The predicted molar refractivity (Wildman–Crippen MR) is 78.3 cm³/mol. The molecule has 1 aromatic carbocycles. The minimum absolute atomic E-state index is 0.0835. The molecule has 0 saturated heterocycles. The number of benzene rings is 1. The second-order valence-electron chi connectivity index (χ2n) is 4.24. The summed E-state index contributed by atoms with van der Waals surface area (Å²) in [7, 11) is 1.30. The zero-order chi connectivity index (χ0) is 15.5. The van der Waals surface area contributed by atoms with Crippen molar-refractivity contribution in [2.24, 2.45) is 0 Å². The van der Waals surface area contributed by atoms with Crippen LogP contribution in [0.1, 0.15) is 19.8 Å². The third kappa shape index (κ3) is 7.31. The van der Waals surface area contributed by atoms with Crippen molar-refractivity contribution < 1.29 is 23.8 Å². The number of esters is 1. The maximum Gasteiger partial charge on any atom is 0.343 e. The molecule has 0 aliphatic heterocycles. The van der Waals surface area contributed by atoms with Gasteiger partial charge in [-0.3, -0.25) is 4.79 Å². The van der Waals surface area contributed by atoms with Crippen molar-refractivity contribution in [2.75, 3.05) is 32.2 Å². The Morgan fingerprint density at radius 1 is 1.29 bits per heavy atom. The van der Waals surface area contributed by atoms with E-state index in [0.717, 1.165) is 0 Å². The first-order valence-corrected chi connectivity index (χ1v) is 6.83. The first-order valence-electron chi connectivity index (χ1n) is 6.83. The van der Waals surface area contributed by atoms with Crippen molar-refractivity contribution in [3.05, 3.63) is 24.3 Å². The quantitative estimate of drug-likeness (QED) is 0.557. The van der Waals surface area contributed by atoms with Gasteiger partial charge >= 0.3 is 5.97 Å². The Kier molecular flexibility index (Phi) is 7.89. The van der Waals surface area contributed by atoms with Gasteiger partial charge in [-0.15, -0.1) is 0 Å². The Morgan fingerprint density at radius 2 is 2.10 bits per heavy atom. The molecule has 1 rings (SSSR count). The van der Waals surface area contributed by atoms with Gasteiger partial charge in [0, 0.05) is 31.4 Å². The van der Waals surface area contributed by atoms with Gasteiger partial charge in [0.05, 0.1) is 7.11 Å². The second-order valence-corrected chi connectivity index (χ2v) is 4.24. The van der Waals surface area contributed by atoms with Crippen LogP contribution >= 0.6 is 0 Å². The first kappa shape index (κ1) is 17.0. The van der Waals surface area contributed by atoms with Crippen molar-refractivity contribution in [2.45, 2.75) is 19.8 Å². The van der Waals surface area contributed by atoms with Gasteiger partial charge in [0.2, 0.25) is 5.91 Å². The Morgan fingerprint density at radius 3 is 2.81 bits per heavy atom. The Balaban J connectivity index is 2.41. The Hall–Kier alpha value is -2.08. The molecular weight excluding hydrogens is 274 g/mol. The molecule has 0 heterocycles. The lowest BCUT2D eigenvalue weighted by Gasteiger charge is -2.08. The number of amides is 1. The van der Waals surface area contributed by atoms with E-state index < -0.39 is 5.97 Å². The zero-order valence-corrected chi connectivity index (χ0v) is 12.4. The fraction of sp³-hybridized carbons (Fsp3) is 0.467. The van der Waals surface area contributed by atoms with E-state index in [0.29, 0.717) is 37.5 Å². The van der Waals surface area contributed by atoms with Crippen LogP contribution in [0, 0.1) is 0 Å².